The zero-order valence-electron chi connectivity index (χ0n) is 18.2. The van der Waals surface area contributed by atoms with E-state index in [1.807, 2.05) is 31.2 Å². The van der Waals surface area contributed by atoms with Crippen molar-refractivity contribution >= 4 is 22.4 Å². The van der Waals surface area contributed by atoms with Gasteiger partial charge in [-0.15, -0.1) is 0 Å². The maximum Gasteiger partial charge on any atom is 0.258 e. The van der Waals surface area contributed by atoms with Crippen LogP contribution in [0.25, 0.3) is 10.8 Å². The van der Waals surface area contributed by atoms with Gasteiger partial charge in [-0.3, -0.25) is 9.59 Å². The molecule has 1 saturated heterocycles. The first-order chi connectivity index (χ1) is 16.0. The quantitative estimate of drug-likeness (QED) is 0.627. The van der Waals surface area contributed by atoms with Crippen molar-refractivity contribution in [2.75, 3.05) is 26.4 Å². The van der Waals surface area contributed by atoms with Crippen molar-refractivity contribution in [3.05, 3.63) is 81.5 Å². The summed E-state index contributed by atoms with van der Waals surface area (Å²) in [7, 11) is 0. The zero-order valence-corrected chi connectivity index (χ0v) is 18.2. The van der Waals surface area contributed by atoms with Crippen LogP contribution in [-0.2, 0) is 16.1 Å². The van der Waals surface area contributed by atoms with Gasteiger partial charge in [-0.05, 0) is 53.8 Å². The maximum absolute atomic E-state index is 14.2. The Balaban J connectivity index is 1.37. The molecule has 2 aliphatic rings. The molecule has 1 fully saturated rings. The summed E-state index contributed by atoms with van der Waals surface area (Å²) < 4.78 is 20.9. The molecule has 3 heterocycles. The van der Waals surface area contributed by atoms with E-state index in [0.29, 0.717) is 43.2 Å². The van der Waals surface area contributed by atoms with Crippen molar-refractivity contribution < 1.29 is 18.8 Å². The van der Waals surface area contributed by atoms with Crippen molar-refractivity contribution in [2.24, 2.45) is 11.1 Å². The van der Waals surface area contributed by atoms with Gasteiger partial charge in [0.15, 0.2) is 0 Å². The minimum absolute atomic E-state index is 0.0884. The highest BCUT2D eigenvalue weighted by atomic mass is 19.1. The van der Waals surface area contributed by atoms with E-state index in [1.54, 1.807) is 12.3 Å². The Kier molecular flexibility index (Phi) is 5.68. The Morgan fingerprint density at radius 1 is 1.18 bits per heavy atom. The van der Waals surface area contributed by atoms with Crippen LogP contribution in [0.3, 0.4) is 0 Å². The summed E-state index contributed by atoms with van der Waals surface area (Å²) >= 11 is 0. The van der Waals surface area contributed by atoms with Gasteiger partial charge in [-0.25, -0.2) is 4.39 Å². The smallest absolute Gasteiger partial charge is 0.258 e. The van der Waals surface area contributed by atoms with Gasteiger partial charge >= 0.3 is 0 Å². The number of carbonyl (C=O) groups excluding carboxylic acids is 1. The summed E-state index contributed by atoms with van der Waals surface area (Å²) in [5, 5.41) is 8.21. The van der Waals surface area contributed by atoms with Crippen LogP contribution in [0.15, 0.2) is 58.6 Å². The number of oxime groups is 1. The first kappa shape index (κ1) is 21.3. The van der Waals surface area contributed by atoms with Crippen LogP contribution in [-0.4, -0.2) is 42.6 Å². The topological polar surface area (TPSA) is 81.9 Å². The molecular formula is C25H24FN3O4. The molecule has 7 nitrogen and oxygen atoms in total. The summed E-state index contributed by atoms with van der Waals surface area (Å²) in [5.74, 6) is -0.462. The van der Waals surface area contributed by atoms with E-state index < -0.39 is 5.82 Å². The highest BCUT2D eigenvalue weighted by Crippen LogP contribution is 2.25. The van der Waals surface area contributed by atoms with Gasteiger partial charge in [-0.1, -0.05) is 17.3 Å². The van der Waals surface area contributed by atoms with Gasteiger partial charge < -0.3 is 19.5 Å². The Labute approximate surface area is 189 Å². The third-order valence-electron chi connectivity index (χ3n) is 6.19. The van der Waals surface area contributed by atoms with Crippen molar-refractivity contribution in [1.29, 1.82) is 0 Å². The Bertz CT molecular complexity index is 1310. The molecule has 1 N–H and O–H groups in total. The fourth-order valence-corrected chi connectivity index (χ4v) is 4.19. The number of hydrogen-bond acceptors (Lipinski definition) is 5. The average molecular weight is 449 g/mol. The average Bonchev–Trinajstić information content (AvgIpc) is 3.20. The molecule has 2 aromatic carbocycles. The lowest BCUT2D eigenvalue weighted by Crippen LogP contribution is -2.39. The molecule has 5 rings (SSSR count). The van der Waals surface area contributed by atoms with Crippen molar-refractivity contribution in [2.45, 2.75) is 19.4 Å². The van der Waals surface area contributed by atoms with Gasteiger partial charge in [0.25, 0.3) is 11.5 Å². The molecule has 3 aromatic rings. The van der Waals surface area contributed by atoms with E-state index in [0.717, 1.165) is 16.7 Å². The third kappa shape index (κ3) is 4.39. The second-order valence-electron chi connectivity index (χ2n) is 8.64. The second-order valence-corrected chi connectivity index (χ2v) is 8.64. The predicted octanol–water partition coefficient (Wildman–Crippen LogP) is 3.05. The molecule has 8 heteroatoms. The largest absolute Gasteiger partial charge is 0.395 e. The van der Waals surface area contributed by atoms with Crippen LogP contribution in [0, 0.1) is 11.7 Å². The molecule has 0 spiro atoms. The maximum atomic E-state index is 14.2. The molecule has 1 amide bonds. The van der Waals surface area contributed by atoms with Crippen LogP contribution in [0.4, 0.5) is 4.39 Å². The number of rotatable bonds is 6. The van der Waals surface area contributed by atoms with Crippen LogP contribution in [0.1, 0.15) is 34.3 Å². The monoisotopic (exact) mass is 449 g/mol. The lowest BCUT2D eigenvalue weighted by molar-refractivity contribution is -0.0298. The number of pyridine rings is 1. The summed E-state index contributed by atoms with van der Waals surface area (Å²) in [6.07, 6.45) is 1.70. The molecule has 1 aromatic heterocycles. The Morgan fingerprint density at radius 3 is 2.76 bits per heavy atom. The van der Waals surface area contributed by atoms with Crippen LogP contribution in [0.2, 0.25) is 0 Å². The molecular weight excluding hydrogens is 425 g/mol. The molecule has 0 radical (unpaired) electrons. The SMILES string of the molecule is CC1=NOCC1c1ccc2c(=O)n(Cc3cc(F)cc(C(=O)NCC4COC4)c3)ccc2c1. The van der Waals surface area contributed by atoms with Crippen molar-refractivity contribution in [1.82, 2.24) is 9.88 Å². The molecule has 0 saturated carbocycles. The number of hydrogen-bond donors (Lipinski definition) is 1. The van der Waals surface area contributed by atoms with Crippen molar-refractivity contribution in [3.8, 4) is 0 Å². The zero-order chi connectivity index (χ0) is 22.9. The van der Waals surface area contributed by atoms with Gasteiger partial charge in [-0.2, -0.15) is 0 Å². The van der Waals surface area contributed by atoms with Gasteiger partial charge in [0.05, 0.1) is 31.4 Å². The minimum Gasteiger partial charge on any atom is -0.395 e. The van der Waals surface area contributed by atoms with Crippen LogP contribution in [0.5, 0.6) is 0 Å². The lowest BCUT2D eigenvalue weighted by Gasteiger charge is -2.25. The Hall–Kier alpha value is -3.52. The molecule has 0 aliphatic carbocycles. The number of carbonyl (C=O) groups is 1. The second kappa shape index (κ2) is 8.78. The molecule has 170 valence electrons. The predicted molar refractivity (Wildman–Crippen MR) is 122 cm³/mol. The minimum atomic E-state index is -0.515. The van der Waals surface area contributed by atoms with E-state index >= 15 is 0 Å². The number of ether oxygens (including phenoxy) is 1. The number of amides is 1. The van der Waals surface area contributed by atoms with Gasteiger partial charge in [0.1, 0.15) is 12.4 Å². The van der Waals surface area contributed by atoms with Gasteiger partial charge in [0, 0.05) is 29.6 Å². The summed E-state index contributed by atoms with van der Waals surface area (Å²) in [4.78, 5) is 30.7. The van der Waals surface area contributed by atoms with E-state index in [-0.39, 0.29) is 29.5 Å². The summed E-state index contributed by atoms with van der Waals surface area (Å²) in [5.41, 5.74) is 2.56. The van der Waals surface area contributed by atoms with Crippen molar-refractivity contribution in [3.63, 3.8) is 0 Å². The first-order valence-electron chi connectivity index (χ1n) is 10.9. The summed E-state index contributed by atoms with van der Waals surface area (Å²) in [6, 6.07) is 11.8. The van der Waals surface area contributed by atoms with E-state index in [1.165, 1.54) is 16.7 Å². The highest BCUT2D eigenvalue weighted by molar-refractivity contribution is 5.94. The molecule has 1 unspecified atom stereocenters. The molecule has 0 bridgehead atoms. The fourth-order valence-electron chi connectivity index (χ4n) is 4.19. The number of fused-ring (bicyclic) bond motifs is 1. The molecule has 2 aliphatic heterocycles. The number of nitrogens with zero attached hydrogens (tertiary/aromatic N) is 2. The number of nitrogens with one attached hydrogen (secondary N) is 1. The summed E-state index contributed by atoms with van der Waals surface area (Å²) in [6.45, 7) is 4.33. The van der Waals surface area contributed by atoms with E-state index in [9.17, 15) is 14.0 Å². The number of aromatic nitrogens is 1. The Morgan fingerprint density at radius 2 is 2.03 bits per heavy atom. The lowest BCUT2D eigenvalue weighted by atomic mass is 9.94. The number of benzene rings is 2. The van der Waals surface area contributed by atoms with E-state index in [2.05, 4.69) is 10.5 Å². The fraction of sp³-hybridized carbons (Fsp3) is 0.320. The molecule has 1 atom stereocenters. The highest BCUT2D eigenvalue weighted by Gasteiger charge is 2.22. The van der Waals surface area contributed by atoms with Gasteiger partial charge in [0.2, 0.25) is 0 Å². The van der Waals surface area contributed by atoms with Crippen LogP contribution < -0.4 is 10.9 Å². The standard InChI is InChI=1S/C25H24FN3O4/c1-15-23(14-33-28-15)18-2-3-22-19(8-18)4-5-29(25(22)31)11-16-6-20(9-21(26)7-16)24(30)27-10-17-12-32-13-17/h2-9,17,23H,10-14H2,1H3,(H,27,30). The van der Waals surface area contributed by atoms with E-state index in [4.69, 9.17) is 9.57 Å². The normalized spacial score (nSPS) is 18.0. The third-order valence-corrected chi connectivity index (χ3v) is 6.19. The number of halogens is 1. The van der Waals surface area contributed by atoms with Crippen LogP contribution >= 0.6 is 0 Å². The first-order valence-corrected chi connectivity index (χ1v) is 10.9. The molecule has 33 heavy (non-hydrogen) atoms.